The molecular formula is C14H20N4O2S. The molecule has 2 aliphatic rings. The van der Waals surface area contributed by atoms with Gasteiger partial charge in [0.1, 0.15) is 5.54 Å². The quantitative estimate of drug-likeness (QED) is 0.856. The van der Waals surface area contributed by atoms with Gasteiger partial charge >= 0.3 is 6.03 Å². The van der Waals surface area contributed by atoms with Crippen LogP contribution in [0.2, 0.25) is 0 Å². The lowest BCUT2D eigenvalue weighted by molar-refractivity contribution is -0.132. The lowest BCUT2D eigenvalue weighted by Gasteiger charge is -2.23. The van der Waals surface area contributed by atoms with Crippen molar-refractivity contribution in [1.82, 2.24) is 20.1 Å². The molecule has 6 nitrogen and oxygen atoms in total. The zero-order chi connectivity index (χ0) is 15.2. The smallest absolute Gasteiger partial charge is 0.322 e. The number of amides is 3. The summed E-state index contributed by atoms with van der Waals surface area (Å²) >= 11 is 1.68. The molecule has 2 fully saturated rings. The summed E-state index contributed by atoms with van der Waals surface area (Å²) in [5.41, 5.74) is -0.721. The van der Waals surface area contributed by atoms with Crippen molar-refractivity contribution in [3.8, 4) is 0 Å². The van der Waals surface area contributed by atoms with Crippen molar-refractivity contribution in [1.29, 1.82) is 0 Å². The molecular weight excluding hydrogens is 288 g/mol. The summed E-state index contributed by atoms with van der Waals surface area (Å²) in [6.07, 6.45) is 2.57. The lowest BCUT2D eigenvalue weighted by Crippen LogP contribution is -2.49. The van der Waals surface area contributed by atoms with Crippen LogP contribution in [0, 0.1) is 6.92 Å². The Morgan fingerprint density at radius 1 is 1.48 bits per heavy atom. The number of aryl methyl sites for hydroxylation is 1. The Morgan fingerprint density at radius 2 is 2.24 bits per heavy atom. The topological polar surface area (TPSA) is 65.5 Å². The van der Waals surface area contributed by atoms with Crippen LogP contribution >= 0.6 is 11.3 Å². The summed E-state index contributed by atoms with van der Waals surface area (Å²) in [4.78, 5) is 33.6. The second kappa shape index (κ2) is 5.06. The van der Waals surface area contributed by atoms with E-state index in [9.17, 15) is 9.59 Å². The van der Waals surface area contributed by atoms with Crippen LogP contribution in [0.5, 0.6) is 0 Å². The van der Waals surface area contributed by atoms with Gasteiger partial charge in [-0.2, -0.15) is 0 Å². The second-order valence-electron chi connectivity index (χ2n) is 6.09. The van der Waals surface area contributed by atoms with Crippen molar-refractivity contribution in [3.63, 3.8) is 0 Å². The number of rotatable bonds is 3. The Kier molecular flexibility index (Phi) is 3.49. The maximum Gasteiger partial charge on any atom is 0.325 e. The van der Waals surface area contributed by atoms with Crippen LogP contribution in [-0.2, 0) is 11.3 Å². The highest BCUT2D eigenvalue weighted by Crippen LogP contribution is 2.31. The van der Waals surface area contributed by atoms with Crippen molar-refractivity contribution in [3.05, 3.63) is 16.1 Å². The van der Waals surface area contributed by atoms with E-state index < -0.39 is 5.54 Å². The number of hydrogen-bond acceptors (Lipinski definition) is 5. The fraction of sp³-hybridized carbons (Fsp3) is 0.643. The van der Waals surface area contributed by atoms with Crippen molar-refractivity contribution in [2.75, 3.05) is 13.1 Å². The van der Waals surface area contributed by atoms with E-state index in [-0.39, 0.29) is 18.0 Å². The number of imide groups is 1. The molecule has 0 aliphatic carbocycles. The highest BCUT2D eigenvalue weighted by molar-refractivity contribution is 7.11. The zero-order valence-corrected chi connectivity index (χ0v) is 13.4. The van der Waals surface area contributed by atoms with Gasteiger partial charge in [-0.25, -0.2) is 9.78 Å². The van der Waals surface area contributed by atoms with Gasteiger partial charge in [0, 0.05) is 36.8 Å². The summed E-state index contributed by atoms with van der Waals surface area (Å²) in [6, 6.07) is -0.361. The fourth-order valence-corrected chi connectivity index (χ4v) is 3.95. The van der Waals surface area contributed by atoms with Crippen LogP contribution in [0.15, 0.2) is 6.20 Å². The minimum Gasteiger partial charge on any atom is -0.322 e. The first-order valence-electron chi connectivity index (χ1n) is 7.21. The van der Waals surface area contributed by atoms with Gasteiger partial charge in [0.15, 0.2) is 0 Å². The first kappa shape index (κ1) is 14.5. The summed E-state index contributed by atoms with van der Waals surface area (Å²) in [5, 5.41) is 3.97. The Morgan fingerprint density at radius 3 is 2.81 bits per heavy atom. The van der Waals surface area contributed by atoms with Crippen molar-refractivity contribution in [2.45, 2.75) is 45.3 Å². The molecule has 1 spiro atoms. The number of carbonyl (C=O) groups excluding carboxylic acids is 2. The van der Waals surface area contributed by atoms with Gasteiger partial charge in [-0.15, -0.1) is 11.3 Å². The number of nitrogens with zero attached hydrogens (tertiary/aromatic N) is 3. The minimum atomic E-state index is -0.721. The molecule has 0 bridgehead atoms. The van der Waals surface area contributed by atoms with Crippen LogP contribution < -0.4 is 5.32 Å². The van der Waals surface area contributed by atoms with Gasteiger partial charge in [0.25, 0.3) is 5.91 Å². The minimum absolute atomic E-state index is 0.0783. The maximum absolute atomic E-state index is 12.6. The molecule has 0 saturated carbocycles. The van der Waals surface area contributed by atoms with Crippen LogP contribution in [0.4, 0.5) is 4.79 Å². The van der Waals surface area contributed by atoms with Crippen molar-refractivity contribution >= 4 is 23.3 Å². The van der Waals surface area contributed by atoms with E-state index in [1.54, 1.807) is 11.3 Å². The molecule has 2 saturated heterocycles. The Labute approximate surface area is 128 Å². The van der Waals surface area contributed by atoms with Crippen LogP contribution in [0.1, 0.15) is 30.2 Å². The highest BCUT2D eigenvalue weighted by atomic mass is 32.1. The average molecular weight is 308 g/mol. The zero-order valence-electron chi connectivity index (χ0n) is 12.5. The third-order valence-electron chi connectivity index (χ3n) is 4.11. The van der Waals surface area contributed by atoms with E-state index >= 15 is 0 Å². The number of nitrogens with one attached hydrogen (secondary N) is 1. The molecule has 3 amide bonds. The lowest BCUT2D eigenvalue weighted by atomic mass is 9.98. The third-order valence-corrected chi connectivity index (χ3v) is 5.00. The summed E-state index contributed by atoms with van der Waals surface area (Å²) in [6.45, 7) is 7.90. The molecule has 1 aromatic rings. The molecule has 2 aliphatic heterocycles. The summed E-state index contributed by atoms with van der Waals surface area (Å²) < 4.78 is 0. The van der Waals surface area contributed by atoms with Gasteiger partial charge in [-0.3, -0.25) is 14.6 Å². The van der Waals surface area contributed by atoms with E-state index in [2.05, 4.69) is 15.2 Å². The SMILES string of the molecule is Cc1ncc(CN2CC[C@@]3(C2)NC(=O)N(C(C)C)C3=O)s1. The van der Waals surface area contributed by atoms with E-state index in [0.717, 1.165) is 18.1 Å². The molecule has 1 atom stereocenters. The van der Waals surface area contributed by atoms with E-state index in [0.29, 0.717) is 13.0 Å². The standard InChI is InChI=1S/C14H20N4O2S/c1-9(2)18-12(19)14(16-13(18)20)4-5-17(8-14)7-11-6-15-10(3)21-11/h6,9H,4-5,7-8H2,1-3H3,(H,16,20)/t14-/m0/s1. The predicted octanol–water partition coefficient (Wildman–Crippen LogP) is 1.36. The highest BCUT2D eigenvalue weighted by Gasteiger charge is 2.55. The maximum atomic E-state index is 12.6. The van der Waals surface area contributed by atoms with Crippen molar-refractivity contribution in [2.24, 2.45) is 0 Å². The van der Waals surface area contributed by atoms with Crippen LogP contribution in [0.25, 0.3) is 0 Å². The normalized spacial score (nSPS) is 26.4. The second-order valence-corrected chi connectivity index (χ2v) is 7.41. The number of carbonyl (C=O) groups is 2. The summed E-state index contributed by atoms with van der Waals surface area (Å²) in [7, 11) is 0. The molecule has 3 heterocycles. The number of aromatic nitrogens is 1. The molecule has 114 valence electrons. The first-order chi connectivity index (χ1) is 9.91. The third kappa shape index (κ3) is 2.44. The molecule has 0 aromatic carbocycles. The largest absolute Gasteiger partial charge is 0.325 e. The van der Waals surface area contributed by atoms with Gasteiger partial charge in [0.05, 0.1) is 5.01 Å². The van der Waals surface area contributed by atoms with Crippen LogP contribution in [-0.4, -0.2) is 51.4 Å². The number of thiazole rings is 1. The van der Waals surface area contributed by atoms with Gasteiger partial charge in [0.2, 0.25) is 0 Å². The molecule has 0 radical (unpaired) electrons. The predicted molar refractivity (Wildman–Crippen MR) is 80.0 cm³/mol. The fourth-order valence-electron chi connectivity index (χ4n) is 3.11. The van der Waals surface area contributed by atoms with Gasteiger partial charge in [-0.05, 0) is 27.2 Å². The van der Waals surface area contributed by atoms with Gasteiger partial charge in [-0.1, -0.05) is 0 Å². The summed E-state index contributed by atoms with van der Waals surface area (Å²) in [5.74, 6) is -0.0783. The van der Waals surface area contributed by atoms with E-state index in [4.69, 9.17) is 0 Å². The van der Waals surface area contributed by atoms with Crippen molar-refractivity contribution < 1.29 is 9.59 Å². The Bertz CT molecular complexity index is 585. The average Bonchev–Trinajstić information content (AvgIpc) is 3.03. The molecule has 7 heteroatoms. The first-order valence-corrected chi connectivity index (χ1v) is 8.02. The monoisotopic (exact) mass is 308 g/mol. The van der Waals surface area contributed by atoms with Crippen LogP contribution in [0.3, 0.4) is 0 Å². The number of urea groups is 1. The Balaban J connectivity index is 1.71. The number of hydrogen-bond donors (Lipinski definition) is 1. The Hall–Kier alpha value is -1.47. The number of likely N-dealkylation sites (tertiary alicyclic amines) is 1. The molecule has 21 heavy (non-hydrogen) atoms. The van der Waals surface area contributed by atoms with E-state index in [1.165, 1.54) is 9.78 Å². The molecule has 3 rings (SSSR count). The van der Waals surface area contributed by atoms with Gasteiger partial charge < -0.3 is 5.32 Å². The molecule has 1 aromatic heterocycles. The van der Waals surface area contributed by atoms with E-state index in [1.807, 2.05) is 27.0 Å². The molecule has 1 N–H and O–H groups in total. The molecule has 0 unspecified atom stereocenters.